The highest BCUT2D eigenvalue weighted by molar-refractivity contribution is 6.30. The maximum Gasteiger partial charge on any atom is 0.405 e. The molecule has 3 fully saturated rings. The summed E-state index contributed by atoms with van der Waals surface area (Å²) in [4.78, 5) is 34.4. The van der Waals surface area contributed by atoms with Crippen LogP contribution >= 0.6 is 11.6 Å². The number of carboxylic acid groups (broad SMARTS) is 1. The van der Waals surface area contributed by atoms with Gasteiger partial charge in [0.15, 0.2) is 6.61 Å². The molecule has 0 radical (unpaired) electrons. The van der Waals surface area contributed by atoms with E-state index >= 15 is 0 Å². The molecule has 3 amide bonds. The molecule has 134 valence electrons. The van der Waals surface area contributed by atoms with Crippen LogP contribution in [0.3, 0.4) is 0 Å². The van der Waals surface area contributed by atoms with Gasteiger partial charge >= 0.3 is 6.09 Å². The second-order valence-corrected chi connectivity index (χ2v) is 6.80. The van der Waals surface area contributed by atoms with E-state index in [0.717, 1.165) is 6.07 Å². The van der Waals surface area contributed by atoms with E-state index in [2.05, 4.69) is 16.2 Å². The van der Waals surface area contributed by atoms with Crippen LogP contribution in [-0.4, -0.2) is 35.2 Å². The number of carbonyl (C=O) groups is 3. The van der Waals surface area contributed by atoms with Gasteiger partial charge in [0.05, 0.1) is 10.4 Å². The molecule has 0 spiro atoms. The molecule has 0 aromatic heterocycles. The number of hydrogen-bond donors (Lipinski definition) is 4. The number of rotatable bonds is 5. The summed E-state index contributed by atoms with van der Waals surface area (Å²) in [6, 6.07) is 3.76. The van der Waals surface area contributed by atoms with Gasteiger partial charge in [-0.3, -0.25) is 20.4 Å². The predicted molar refractivity (Wildman–Crippen MR) is 83.4 cm³/mol. The van der Waals surface area contributed by atoms with E-state index in [-0.39, 0.29) is 16.7 Å². The summed E-state index contributed by atoms with van der Waals surface area (Å²) in [5, 5.41) is 11.1. The van der Waals surface area contributed by atoms with Crippen LogP contribution in [0.25, 0.3) is 0 Å². The zero-order valence-electron chi connectivity index (χ0n) is 12.9. The Bertz CT molecular complexity index is 737. The molecule has 4 rings (SSSR count). The number of hydrogen-bond acceptors (Lipinski definition) is 4. The van der Waals surface area contributed by atoms with Gasteiger partial charge in [0.2, 0.25) is 5.91 Å². The van der Waals surface area contributed by atoms with E-state index in [1.807, 2.05) is 0 Å². The van der Waals surface area contributed by atoms with Crippen molar-refractivity contribution in [2.45, 2.75) is 24.8 Å². The zero-order valence-corrected chi connectivity index (χ0v) is 13.7. The summed E-state index contributed by atoms with van der Waals surface area (Å²) in [5.74, 6) is -1.52. The van der Waals surface area contributed by atoms with Crippen molar-refractivity contribution in [2.24, 2.45) is 5.41 Å². The topological polar surface area (TPSA) is 117 Å². The standard InChI is InChI=1S/C15H15ClFN3O5/c16-9-2-1-8(3-10(9)17)25-4-11(21)19-20-12(22)14-5-15(6-14,7-14)18-13(23)24/h1-3,18H,4-7H2,(H,19,21)(H,20,22)(H,23,24). The first kappa shape index (κ1) is 17.3. The SMILES string of the molecule is O=C(O)NC12CC(C(=O)NNC(=O)COc3ccc(Cl)c(F)c3)(C1)C2. The molecular formula is C15H15ClFN3O5. The van der Waals surface area contributed by atoms with Gasteiger partial charge in [-0.25, -0.2) is 9.18 Å². The van der Waals surface area contributed by atoms with Crippen molar-refractivity contribution in [2.75, 3.05) is 6.61 Å². The molecule has 25 heavy (non-hydrogen) atoms. The third kappa shape index (κ3) is 3.32. The summed E-state index contributed by atoms with van der Waals surface area (Å²) < 4.78 is 18.3. The Kier molecular flexibility index (Phi) is 4.19. The third-order valence-corrected chi connectivity index (χ3v) is 4.77. The molecule has 4 N–H and O–H groups in total. The van der Waals surface area contributed by atoms with Crippen LogP contribution in [0.5, 0.6) is 5.75 Å². The van der Waals surface area contributed by atoms with Crippen LogP contribution in [0.15, 0.2) is 18.2 Å². The van der Waals surface area contributed by atoms with E-state index in [4.69, 9.17) is 21.4 Å². The lowest BCUT2D eigenvalue weighted by molar-refractivity contribution is -0.180. The summed E-state index contributed by atoms with van der Waals surface area (Å²) in [7, 11) is 0. The molecule has 0 unspecified atom stereocenters. The van der Waals surface area contributed by atoms with Gasteiger partial charge in [-0.2, -0.15) is 0 Å². The number of amides is 3. The van der Waals surface area contributed by atoms with Crippen molar-refractivity contribution < 1.29 is 28.6 Å². The number of halogens is 2. The van der Waals surface area contributed by atoms with Gasteiger partial charge in [0.1, 0.15) is 11.6 Å². The number of hydrazine groups is 1. The van der Waals surface area contributed by atoms with Crippen molar-refractivity contribution in [3.05, 3.63) is 29.0 Å². The van der Waals surface area contributed by atoms with E-state index in [1.165, 1.54) is 12.1 Å². The predicted octanol–water partition coefficient (Wildman–Crippen LogP) is 1.20. The van der Waals surface area contributed by atoms with Gasteiger partial charge in [-0.1, -0.05) is 11.6 Å². The second-order valence-electron chi connectivity index (χ2n) is 6.39. The first-order valence-corrected chi connectivity index (χ1v) is 7.80. The molecule has 3 aliphatic rings. The van der Waals surface area contributed by atoms with Crippen LogP contribution in [-0.2, 0) is 9.59 Å². The van der Waals surface area contributed by atoms with Crippen molar-refractivity contribution in [1.82, 2.24) is 16.2 Å². The number of nitrogens with one attached hydrogen (secondary N) is 3. The van der Waals surface area contributed by atoms with Gasteiger partial charge in [-0.15, -0.1) is 0 Å². The zero-order chi connectivity index (χ0) is 18.2. The fourth-order valence-corrected chi connectivity index (χ4v) is 3.52. The Morgan fingerprint density at radius 2 is 1.92 bits per heavy atom. The summed E-state index contributed by atoms with van der Waals surface area (Å²) in [6.45, 7) is -0.418. The first-order valence-electron chi connectivity index (χ1n) is 7.42. The maximum absolute atomic E-state index is 13.2. The monoisotopic (exact) mass is 371 g/mol. The fourth-order valence-electron chi connectivity index (χ4n) is 3.40. The van der Waals surface area contributed by atoms with Crippen LogP contribution < -0.4 is 20.9 Å². The lowest BCUT2D eigenvalue weighted by Gasteiger charge is -2.68. The van der Waals surface area contributed by atoms with Gasteiger partial charge in [-0.05, 0) is 31.4 Å². The Morgan fingerprint density at radius 3 is 2.52 bits per heavy atom. The van der Waals surface area contributed by atoms with E-state index < -0.39 is 35.4 Å². The highest BCUT2D eigenvalue weighted by atomic mass is 35.5. The second kappa shape index (κ2) is 6.07. The molecule has 1 aromatic rings. The molecule has 8 nitrogen and oxygen atoms in total. The molecule has 0 aliphatic heterocycles. The van der Waals surface area contributed by atoms with Crippen LogP contribution in [0, 0.1) is 11.2 Å². The lowest BCUT2D eigenvalue weighted by Crippen LogP contribution is -2.78. The average Bonchev–Trinajstić information content (AvgIpc) is 2.48. The van der Waals surface area contributed by atoms with Gasteiger partial charge < -0.3 is 15.2 Å². The molecule has 2 bridgehead atoms. The van der Waals surface area contributed by atoms with Crippen molar-refractivity contribution in [3.8, 4) is 5.75 Å². The van der Waals surface area contributed by atoms with Crippen molar-refractivity contribution in [1.29, 1.82) is 0 Å². The smallest absolute Gasteiger partial charge is 0.405 e. The first-order chi connectivity index (χ1) is 11.7. The average molecular weight is 372 g/mol. The molecule has 3 saturated carbocycles. The Morgan fingerprint density at radius 1 is 1.24 bits per heavy atom. The molecule has 10 heteroatoms. The molecule has 0 heterocycles. The Hall–Kier alpha value is -2.55. The number of ether oxygens (including phenoxy) is 1. The number of benzene rings is 1. The molecule has 1 aromatic carbocycles. The van der Waals surface area contributed by atoms with Crippen LogP contribution in [0.2, 0.25) is 5.02 Å². The van der Waals surface area contributed by atoms with Crippen LogP contribution in [0.1, 0.15) is 19.3 Å². The van der Waals surface area contributed by atoms with Gasteiger partial charge in [0.25, 0.3) is 5.91 Å². The Balaban J connectivity index is 1.39. The minimum atomic E-state index is -1.11. The highest BCUT2D eigenvalue weighted by Crippen LogP contribution is 2.67. The minimum absolute atomic E-state index is 0.0576. The van der Waals surface area contributed by atoms with Crippen molar-refractivity contribution >= 4 is 29.5 Å². The maximum atomic E-state index is 13.2. The van der Waals surface area contributed by atoms with E-state index in [0.29, 0.717) is 19.3 Å². The molecule has 3 aliphatic carbocycles. The molecule has 0 saturated heterocycles. The van der Waals surface area contributed by atoms with E-state index in [1.54, 1.807) is 0 Å². The lowest BCUT2D eigenvalue weighted by atomic mass is 9.39. The van der Waals surface area contributed by atoms with E-state index in [9.17, 15) is 18.8 Å². The fraction of sp³-hybridized carbons (Fsp3) is 0.400. The molecule has 0 atom stereocenters. The molecular weight excluding hydrogens is 357 g/mol. The quantitative estimate of drug-likeness (QED) is 0.580. The summed E-state index contributed by atoms with van der Waals surface area (Å²) >= 11 is 5.54. The largest absolute Gasteiger partial charge is 0.484 e. The van der Waals surface area contributed by atoms with Gasteiger partial charge in [0, 0.05) is 11.6 Å². The normalized spacial score (nSPS) is 25.8. The third-order valence-electron chi connectivity index (χ3n) is 4.46. The van der Waals surface area contributed by atoms with Crippen molar-refractivity contribution in [3.63, 3.8) is 0 Å². The highest BCUT2D eigenvalue weighted by Gasteiger charge is 2.72. The summed E-state index contributed by atoms with van der Waals surface area (Å²) in [6.07, 6.45) is 0.121. The summed E-state index contributed by atoms with van der Waals surface area (Å²) in [5.41, 5.74) is 3.38. The van der Waals surface area contributed by atoms with Crippen LogP contribution in [0.4, 0.5) is 9.18 Å². The minimum Gasteiger partial charge on any atom is -0.484 e. The Labute approximate surface area is 146 Å². The number of carbonyl (C=O) groups excluding carboxylic acids is 2.